The molecule has 0 unspecified atom stereocenters. The molecule has 7 heteroatoms. The third-order valence-electron chi connectivity index (χ3n) is 3.32. The first-order valence-electron chi connectivity index (χ1n) is 6.87. The molecule has 0 atom stereocenters. The molecule has 2 heterocycles. The van der Waals surface area contributed by atoms with E-state index in [0.29, 0.717) is 10.4 Å². The maximum absolute atomic E-state index is 13.2. The van der Waals surface area contributed by atoms with Crippen molar-refractivity contribution < 1.29 is 28.6 Å². The minimum atomic E-state index is -1.08. The van der Waals surface area contributed by atoms with Crippen molar-refractivity contribution in [2.45, 2.75) is 6.42 Å². The first-order valence-corrected chi connectivity index (χ1v) is 7.69. The summed E-state index contributed by atoms with van der Waals surface area (Å²) in [5.74, 6) is -2.26. The predicted octanol–water partition coefficient (Wildman–Crippen LogP) is 3.71. The summed E-state index contributed by atoms with van der Waals surface area (Å²) in [6.45, 7) is 0. The van der Waals surface area contributed by atoms with Gasteiger partial charge in [-0.2, -0.15) is 0 Å². The van der Waals surface area contributed by atoms with E-state index < -0.39 is 11.8 Å². The van der Waals surface area contributed by atoms with E-state index in [1.807, 2.05) is 0 Å². The summed E-state index contributed by atoms with van der Waals surface area (Å²) in [5, 5.41) is 19.0. The predicted molar refractivity (Wildman–Crippen MR) is 84.9 cm³/mol. The lowest BCUT2D eigenvalue weighted by Crippen LogP contribution is -2.00. The molecule has 0 saturated carbocycles. The molecular formula is C17H11FO5S. The number of carboxylic acids is 1. The fourth-order valence-corrected chi connectivity index (χ4v) is 3.45. The number of phenols is 1. The van der Waals surface area contributed by atoms with Crippen LogP contribution in [0.5, 0.6) is 5.75 Å². The molecule has 5 nitrogen and oxygen atoms in total. The van der Waals surface area contributed by atoms with E-state index in [9.17, 15) is 19.1 Å². The van der Waals surface area contributed by atoms with Gasteiger partial charge in [0.05, 0.1) is 17.6 Å². The van der Waals surface area contributed by atoms with E-state index in [4.69, 9.17) is 9.52 Å². The van der Waals surface area contributed by atoms with Gasteiger partial charge in [-0.05, 0) is 35.9 Å². The largest absolute Gasteiger partial charge is 0.507 e. The maximum Gasteiger partial charge on any atom is 0.307 e. The number of hydrogen-bond donors (Lipinski definition) is 2. The van der Waals surface area contributed by atoms with Crippen LogP contribution >= 0.6 is 11.3 Å². The number of phenolic OH excluding ortho intramolecular Hbond substituents is 1. The molecule has 2 aromatic heterocycles. The summed E-state index contributed by atoms with van der Waals surface area (Å²) in [4.78, 5) is 24.1. The number of carbonyl (C=O) groups excluding carboxylic acids is 1. The van der Waals surface area contributed by atoms with Crippen molar-refractivity contribution in [2.75, 3.05) is 0 Å². The van der Waals surface area contributed by atoms with E-state index in [2.05, 4.69) is 0 Å². The standard InChI is InChI=1S/C17H11FO5S/c18-10-3-4-11(12(19)8-10)17-9(7-15(20)21)6-14(24-17)16(22)13-2-1-5-23-13/h1-6,8,19H,7H2,(H,20,21). The highest BCUT2D eigenvalue weighted by molar-refractivity contribution is 7.17. The van der Waals surface area contributed by atoms with Gasteiger partial charge in [-0.25, -0.2) is 4.39 Å². The minimum absolute atomic E-state index is 0.132. The summed E-state index contributed by atoms with van der Waals surface area (Å²) in [5.41, 5.74) is 0.639. The SMILES string of the molecule is O=C(O)Cc1cc(C(=O)c2ccco2)sc1-c1ccc(F)cc1O. The van der Waals surface area contributed by atoms with Crippen LogP contribution in [0.25, 0.3) is 10.4 Å². The molecule has 3 rings (SSSR count). The Bertz CT molecular complexity index is 911. The van der Waals surface area contributed by atoms with Crippen molar-refractivity contribution in [1.29, 1.82) is 0 Å². The van der Waals surface area contributed by atoms with Gasteiger partial charge in [-0.15, -0.1) is 11.3 Å². The van der Waals surface area contributed by atoms with Crippen LogP contribution in [0.4, 0.5) is 4.39 Å². The van der Waals surface area contributed by atoms with Gasteiger partial charge in [0.25, 0.3) is 0 Å². The molecule has 1 aromatic carbocycles. The molecule has 0 amide bonds. The number of aromatic hydroxyl groups is 1. The van der Waals surface area contributed by atoms with Crippen LogP contribution in [0.1, 0.15) is 21.0 Å². The van der Waals surface area contributed by atoms with Crippen molar-refractivity contribution in [1.82, 2.24) is 0 Å². The second-order valence-corrected chi connectivity index (χ2v) is 6.06. The number of carbonyl (C=O) groups is 2. The summed E-state index contributed by atoms with van der Waals surface area (Å²) in [6, 6.07) is 7.99. The summed E-state index contributed by atoms with van der Waals surface area (Å²) in [7, 11) is 0. The summed E-state index contributed by atoms with van der Waals surface area (Å²) >= 11 is 1.03. The number of halogens is 1. The number of furan rings is 1. The lowest BCUT2D eigenvalue weighted by Gasteiger charge is -2.04. The zero-order valence-corrected chi connectivity index (χ0v) is 13.0. The molecule has 0 aliphatic carbocycles. The Morgan fingerprint density at radius 2 is 2.00 bits per heavy atom. The maximum atomic E-state index is 13.2. The number of carboxylic acid groups (broad SMARTS) is 1. The second-order valence-electron chi connectivity index (χ2n) is 5.00. The monoisotopic (exact) mass is 346 g/mol. The van der Waals surface area contributed by atoms with Gasteiger partial charge in [-0.1, -0.05) is 0 Å². The zero-order chi connectivity index (χ0) is 17.3. The van der Waals surface area contributed by atoms with Crippen molar-refractivity contribution in [2.24, 2.45) is 0 Å². The molecule has 3 aromatic rings. The molecule has 0 aliphatic rings. The van der Waals surface area contributed by atoms with E-state index >= 15 is 0 Å². The van der Waals surface area contributed by atoms with E-state index in [1.54, 1.807) is 6.07 Å². The van der Waals surface area contributed by atoms with Crippen LogP contribution < -0.4 is 0 Å². The molecular weight excluding hydrogens is 335 g/mol. The van der Waals surface area contributed by atoms with Gasteiger partial charge >= 0.3 is 5.97 Å². The quantitative estimate of drug-likeness (QED) is 0.688. The number of aliphatic carboxylic acids is 1. The lowest BCUT2D eigenvalue weighted by molar-refractivity contribution is -0.136. The first kappa shape index (κ1) is 15.9. The van der Waals surface area contributed by atoms with Crippen LogP contribution in [0.3, 0.4) is 0 Å². The fourth-order valence-electron chi connectivity index (χ4n) is 2.29. The molecule has 0 radical (unpaired) electrons. The van der Waals surface area contributed by atoms with Crippen LogP contribution in [0, 0.1) is 5.82 Å². The number of thiophene rings is 1. The first-order chi connectivity index (χ1) is 11.5. The smallest absolute Gasteiger partial charge is 0.307 e. The third-order valence-corrected chi connectivity index (χ3v) is 4.53. The summed E-state index contributed by atoms with van der Waals surface area (Å²) in [6.07, 6.45) is 1.04. The topological polar surface area (TPSA) is 87.7 Å². The van der Waals surface area contributed by atoms with Gasteiger partial charge in [0.15, 0.2) is 5.76 Å². The van der Waals surface area contributed by atoms with Crippen molar-refractivity contribution in [3.63, 3.8) is 0 Å². The summed E-state index contributed by atoms with van der Waals surface area (Å²) < 4.78 is 18.2. The van der Waals surface area contributed by atoms with Gasteiger partial charge in [0.1, 0.15) is 11.6 Å². The molecule has 0 aliphatic heterocycles. The Kier molecular flexibility index (Phi) is 4.18. The van der Waals surface area contributed by atoms with E-state index in [0.717, 1.165) is 23.5 Å². The van der Waals surface area contributed by atoms with Crippen molar-refractivity contribution in [3.8, 4) is 16.2 Å². The van der Waals surface area contributed by atoms with Crippen molar-refractivity contribution >= 4 is 23.1 Å². The fraction of sp³-hybridized carbons (Fsp3) is 0.0588. The highest BCUT2D eigenvalue weighted by atomic mass is 32.1. The lowest BCUT2D eigenvalue weighted by atomic mass is 10.1. The number of hydrogen-bond acceptors (Lipinski definition) is 5. The Hall–Kier alpha value is -2.93. The van der Waals surface area contributed by atoms with Gasteiger partial charge in [-0.3, -0.25) is 9.59 Å². The van der Waals surface area contributed by atoms with E-state index in [1.165, 1.54) is 24.5 Å². The van der Waals surface area contributed by atoms with E-state index in [-0.39, 0.29) is 34.2 Å². The van der Waals surface area contributed by atoms with Gasteiger partial charge < -0.3 is 14.6 Å². The number of rotatable bonds is 5. The third kappa shape index (κ3) is 3.07. The second kappa shape index (κ2) is 6.29. The van der Waals surface area contributed by atoms with Crippen LogP contribution in [-0.2, 0) is 11.2 Å². The Morgan fingerprint density at radius 1 is 1.21 bits per heavy atom. The average molecular weight is 346 g/mol. The minimum Gasteiger partial charge on any atom is -0.507 e. The average Bonchev–Trinajstić information content (AvgIpc) is 3.16. The highest BCUT2D eigenvalue weighted by Gasteiger charge is 2.21. The number of ketones is 1. The van der Waals surface area contributed by atoms with Crippen LogP contribution in [0.2, 0.25) is 0 Å². The normalized spacial score (nSPS) is 10.7. The highest BCUT2D eigenvalue weighted by Crippen LogP contribution is 2.39. The Morgan fingerprint density at radius 3 is 2.62 bits per heavy atom. The molecule has 0 saturated heterocycles. The van der Waals surface area contributed by atoms with Gasteiger partial charge in [0, 0.05) is 16.5 Å². The zero-order valence-electron chi connectivity index (χ0n) is 12.2. The van der Waals surface area contributed by atoms with Crippen LogP contribution in [-0.4, -0.2) is 22.0 Å². The molecule has 24 heavy (non-hydrogen) atoms. The molecule has 2 N–H and O–H groups in total. The molecule has 0 bridgehead atoms. The number of benzene rings is 1. The Balaban J connectivity index is 2.10. The molecule has 0 spiro atoms. The van der Waals surface area contributed by atoms with Crippen LogP contribution in [0.15, 0.2) is 47.1 Å². The Labute approximate surface area is 139 Å². The van der Waals surface area contributed by atoms with Gasteiger partial charge in [0.2, 0.25) is 5.78 Å². The van der Waals surface area contributed by atoms with Crippen molar-refractivity contribution in [3.05, 3.63) is 64.7 Å². The molecule has 0 fully saturated rings. The molecule has 122 valence electrons.